The minimum Gasteiger partial charge on any atom is -0.390 e. The molecule has 2 unspecified atom stereocenters. The van der Waals surface area contributed by atoms with Gasteiger partial charge in [-0.25, -0.2) is 0 Å². The van der Waals surface area contributed by atoms with E-state index in [9.17, 15) is 9.90 Å². The van der Waals surface area contributed by atoms with Crippen LogP contribution in [0, 0.1) is 6.42 Å². The van der Waals surface area contributed by atoms with Crippen LogP contribution >= 0.6 is 0 Å². The Bertz CT molecular complexity index is 191. The molecule has 12 heavy (non-hydrogen) atoms. The minimum absolute atomic E-state index is 0.318. The van der Waals surface area contributed by atoms with Crippen LogP contribution in [0.25, 0.3) is 0 Å². The molecule has 4 heteroatoms. The van der Waals surface area contributed by atoms with Crippen LogP contribution in [0.1, 0.15) is 6.42 Å². The molecule has 1 radical (unpaired) electrons. The molecular formula is C8H12NO3. The average molecular weight is 170 g/mol. The fourth-order valence-electron chi connectivity index (χ4n) is 1.01. The molecular weight excluding hydrogens is 158 g/mol. The zero-order chi connectivity index (χ0) is 8.97. The Balaban J connectivity index is 2.58. The van der Waals surface area contributed by atoms with Crippen molar-refractivity contribution in [3.8, 4) is 0 Å². The van der Waals surface area contributed by atoms with Crippen molar-refractivity contribution in [2.75, 3.05) is 6.61 Å². The Morgan fingerprint density at radius 3 is 3.00 bits per heavy atom. The molecule has 0 aromatic carbocycles. The van der Waals surface area contributed by atoms with Crippen molar-refractivity contribution in [1.82, 2.24) is 0 Å². The number of primary amides is 1. The number of aliphatic hydroxyl groups is 1. The van der Waals surface area contributed by atoms with Gasteiger partial charge in [-0.2, -0.15) is 0 Å². The first-order valence-corrected chi connectivity index (χ1v) is 3.79. The van der Waals surface area contributed by atoms with Crippen molar-refractivity contribution < 1.29 is 14.6 Å². The first kappa shape index (κ1) is 9.22. The highest BCUT2D eigenvalue weighted by Gasteiger charge is 2.25. The number of carbonyl (C=O) groups excluding carboxylic acids is 1. The van der Waals surface area contributed by atoms with E-state index in [1.54, 1.807) is 12.5 Å². The molecule has 4 nitrogen and oxygen atoms in total. The fraction of sp³-hybridized carbons (Fsp3) is 0.500. The second kappa shape index (κ2) is 4.23. The minimum atomic E-state index is -0.907. The SMILES string of the molecule is NC(=O)C1OCC=CC[CH]C1O. The van der Waals surface area contributed by atoms with Gasteiger partial charge in [0.1, 0.15) is 0 Å². The van der Waals surface area contributed by atoms with Crippen LogP contribution in [-0.4, -0.2) is 29.8 Å². The van der Waals surface area contributed by atoms with E-state index < -0.39 is 18.1 Å². The lowest BCUT2D eigenvalue weighted by Gasteiger charge is -2.20. The van der Waals surface area contributed by atoms with Crippen molar-refractivity contribution in [2.45, 2.75) is 18.6 Å². The summed E-state index contributed by atoms with van der Waals surface area (Å²) in [6, 6.07) is 0. The van der Waals surface area contributed by atoms with Crippen molar-refractivity contribution in [3.63, 3.8) is 0 Å². The van der Waals surface area contributed by atoms with Gasteiger partial charge in [0.2, 0.25) is 5.91 Å². The summed E-state index contributed by atoms with van der Waals surface area (Å²) in [6.07, 6.45) is 4.07. The van der Waals surface area contributed by atoms with E-state index in [-0.39, 0.29) is 0 Å². The van der Waals surface area contributed by atoms with Gasteiger partial charge in [-0.1, -0.05) is 12.2 Å². The second-order valence-electron chi connectivity index (χ2n) is 2.59. The van der Waals surface area contributed by atoms with Gasteiger partial charge in [0.25, 0.3) is 0 Å². The topological polar surface area (TPSA) is 72.6 Å². The molecule has 0 aromatic heterocycles. The van der Waals surface area contributed by atoms with Gasteiger partial charge < -0.3 is 15.6 Å². The van der Waals surface area contributed by atoms with Crippen LogP contribution in [0.3, 0.4) is 0 Å². The van der Waals surface area contributed by atoms with Crippen molar-refractivity contribution in [2.24, 2.45) is 5.73 Å². The number of aliphatic hydroxyl groups excluding tert-OH is 1. The Hall–Kier alpha value is -0.870. The van der Waals surface area contributed by atoms with Gasteiger partial charge >= 0.3 is 0 Å². The summed E-state index contributed by atoms with van der Waals surface area (Å²) in [6.45, 7) is 0.318. The summed E-state index contributed by atoms with van der Waals surface area (Å²) in [5, 5.41) is 9.33. The molecule has 1 heterocycles. The van der Waals surface area contributed by atoms with Crippen LogP contribution in [0.4, 0.5) is 0 Å². The van der Waals surface area contributed by atoms with E-state index in [0.29, 0.717) is 13.0 Å². The average Bonchev–Trinajstić information content (AvgIpc) is 1.96. The maximum Gasteiger partial charge on any atom is 0.249 e. The van der Waals surface area contributed by atoms with E-state index in [1.165, 1.54) is 0 Å². The number of nitrogens with two attached hydrogens (primary N) is 1. The van der Waals surface area contributed by atoms with Crippen molar-refractivity contribution in [1.29, 1.82) is 0 Å². The first-order chi connectivity index (χ1) is 5.72. The van der Waals surface area contributed by atoms with Gasteiger partial charge in [-0.05, 0) is 12.8 Å². The molecule has 1 aliphatic heterocycles. The van der Waals surface area contributed by atoms with E-state index in [1.807, 2.05) is 6.08 Å². The van der Waals surface area contributed by atoms with Crippen LogP contribution < -0.4 is 5.73 Å². The maximum absolute atomic E-state index is 10.7. The Morgan fingerprint density at radius 1 is 1.58 bits per heavy atom. The highest BCUT2D eigenvalue weighted by Crippen LogP contribution is 2.08. The third-order valence-corrected chi connectivity index (χ3v) is 1.64. The standard InChI is InChI=1S/C8H12NO3/c9-8(11)7-6(10)4-2-1-3-5-12-7/h1,3-4,6-7,10H,2,5H2,(H2,9,11). The predicted octanol–water partition coefficient (Wildman–Crippen LogP) is -0.618. The molecule has 1 aliphatic rings. The Labute approximate surface area is 71.0 Å². The summed E-state index contributed by atoms with van der Waals surface area (Å²) < 4.78 is 5.01. The number of ether oxygens (including phenoxy) is 1. The van der Waals surface area contributed by atoms with E-state index >= 15 is 0 Å². The smallest absolute Gasteiger partial charge is 0.249 e. The zero-order valence-corrected chi connectivity index (χ0v) is 6.64. The molecule has 0 bridgehead atoms. The molecule has 1 amide bonds. The quantitative estimate of drug-likeness (QED) is 0.515. The second-order valence-corrected chi connectivity index (χ2v) is 2.59. The molecule has 1 rings (SSSR count). The van der Waals surface area contributed by atoms with E-state index in [2.05, 4.69) is 0 Å². The van der Waals surface area contributed by atoms with Crippen molar-refractivity contribution >= 4 is 5.91 Å². The maximum atomic E-state index is 10.7. The lowest BCUT2D eigenvalue weighted by Crippen LogP contribution is -2.41. The molecule has 0 saturated carbocycles. The molecule has 3 N–H and O–H groups in total. The highest BCUT2D eigenvalue weighted by atomic mass is 16.5. The number of hydrogen-bond acceptors (Lipinski definition) is 3. The molecule has 0 saturated heterocycles. The fourth-order valence-corrected chi connectivity index (χ4v) is 1.01. The lowest BCUT2D eigenvalue weighted by molar-refractivity contribution is -0.134. The monoisotopic (exact) mass is 170 g/mol. The van der Waals surface area contributed by atoms with E-state index in [4.69, 9.17) is 10.5 Å². The van der Waals surface area contributed by atoms with Crippen LogP contribution in [-0.2, 0) is 9.53 Å². The number of hydrogen-bond donors (Lipinski definition) is 2. The van der Waals surface area contributed by atoms with Crippen LogP contribution in [0.5, 0.6) is 0 Å². The van der Waals surface area contributed by atoms with Gasteiger partial charge in [0.05, 0.1) is 12.7 Å². The van der Waals surface area contributed by atoms with Crippen LogP contribution in [0.15, 0.2) is 12.2 Å². The number of allylic oxidation sites excluding steroid dienone is 1. The van der Waals surface area contributed by atoms with Crippen molar-refractivity contribution in [3.05, 3.63) is 18.6 Å². The number of amides is 1. The van der Waals surface area contributed by atoms with Gasteiger partial charge in [0.15, 0.2) is 6.10 Å². The third kappa shape index (κ3) is 2.32. The van der Waals surface area contributed by atoms with Gasteiger partial charge in [-0.15, -0.1) is 0 Å². The Kier molecular flexibility index (Phi) is 3.25. The summed E-state index contributed by atoms with van der Waals surface area (Å²) in [7, 11) is 0. The molecule has 0 spiro atoms. The van der Waals surface area contributed by atoms with Gasteiger partial charge in [-0.3, -0.25) is 4.79 Å². The highest BCUT2D eigenvalue weighted by molar-refractivity contribution is 5.79. The third-order valence-electron chi connectivity index (χ3n) is 1.64. The molecule has 0 aliphatic carbocycles. The number of carbonyl (C=O) groups is 1. The zero-order valence-electron chi connectivity index (χ0n) is 6.64. The summed E-state index contributed by atoms with van der Waals surface area (Å²) in [4.78, 5) is 10.7. The Morgan fingerprint density at radius 2 is 2.33 bits per heavy atom. The molecule has 0 aromatic rings. The van der Waals surface area contributed by atoms with Crippen LogP contribution in [0.2, 0.25) is 0 Å². The summed E-state index contributed by atoms with van der Waals surface area (Å²) in [5.41, 5.74) is 5.01. The molecule has 2 atom stereocenters. The first-order valence-electron chi connectivity index (χ1n) is 3.79. The summed E-state index contributed by atoms with van der Waals surface area (Å²) in [5.74, 6) is -0.631. The predicted molar refractivity (Wildman–Crippen MR) is 43.0 cm³/mol. The van der Waals surface area contributed by atoms with Gasteiger partial charge in [0, 0.05) is 0 Å². The summed E-state index contributed by atoms with van der Waals surface area (Å²) >= 11 is 0. The normalized spacial score (nSPS) is 30.8. The lowest BCUT2D eigenvalue weighted by atomic mass is 10.1. The number of rotatable bonds is 1. The van der Waals surface area contributed by atoms with E-state index in [0.717, 1.165) is 0 Å². The largest absolute Gasteiger partial charge is 0.390 e. The molecule has 67 valence electrons. The molecule has 0 fully saturated rings.